The van der Waals surface area contributed by atoms with Crippen molar-refractivity contribution in [3.63, 3.8) is 0 Å². The third-order valence-electron chi connectivity index (χ3n) is 4.74. The van der Waals surface area contributed by atoms with E-state index in [9.17, 15) is 9.59 Å². The minimum Gasteiger partial charge on any atom is -0.353 e. The van der Waals surface area contributed by atoms with Gasteiger partial charge in [0.1, 0.15) is 5.03 Å². The van der Waals surface area contributed by atoms with Crippen molar-refractivity contribution < 1.29 is 9.59 Å². The monoisotopic (exact) mass is 347 g/mol. The van der Waals surface area contributed by atoms with Crippen LogP contribution in [0.15, 0.2) is 23.4 Å². The van der Waals surface area contributed by atoms with E-state index < -0.39 is 0 Å². The Kier molecular flexibility index (Phi) is 5.76. The summed E-state index contributed by atoms with van der Waals surface area (Å²) in [7, 11) is 0. The molecule has 1 aliphatic heterocycles. The first-order valence-corrected chi connectivity index (χ1v) is 9.79. The molecule has 0 saturated heterocycles. The van der Waals surface area contributed by atoms with E-state index in [2.05, 4.69) is 10.3 Å². The molecule has 0 spiro atoms. The Balaban J connectivity index is 1.64. The molecular formula is C18H25N3O2S. The van der Waals surface area contributed by atoms with Gasteiger partial charge >= 0.3 is 0 Å². The number of hydrogen-bond donors (Lipinski definition) is 1. The standard InChI is InChI=1S/C18H25N3O2S/c1-2-21-14-10-7-11-19-17(14)24-15(18(21)23)12-16(22)20-13-8-5-3-4-6-9-13/h7,10-11,13,15H,2-6,8-9,12H2,1H3,(H,20,22)/t15-/m1/s1. The van der Waals surface area contributed by atoms with Gasteiger partial charge in [-0.15, -0.1) is 0 Å². The highest BCUT2D eigenvalue weighted by Gasteiger charge is 2.35. The van der Waals surface area contributed by atoms with Crippen LogP contribution in [0.5, 0.6) is 0 Å². The predicted octanol–water partition coefficient (Wildman–Crippen LogP) is 3.14. The van der Waals surface area contributed by atoms with Gasteiger partial charge in [-0.25, -0.2) is 4.98 Å². The summed E-state index contributed by atoms with van der Waals surface area (Å²) in [6, 6.07) is 4.03. The second kappa shape index (κ2) is 8.01. The van der Waals surface area contributed by atoms with E-state index in [1.165, 1.54) is 37.4 Å². The molecule has 130 valence electrons. The Bertz CT molecular complexity index is 600. The van der Waals surface area contributed by atoms with Crippen LogP contribution in [0, 0.1) is 0 Å². The van der Waals surface area contributed by atoms with Crippen molar-refractivity contribution in [3.05, 3.63) is 18.3 Å². The highest BCUT2D eigenvalue weighted by molar-refractivity contribution is 8.00. The number of carbonyl (C=O) groups is 2. The fraction of sp³-hybridized carbons (Fsp3) is 0.611. The lowest BCUT2D eigenvalue weighted by molar-refractivity contribution is -0.125. The number of pyridine rings is 1. The molecule has 1 aromatic rings. The zero-order chi connectivity index (χ0) is 16.9. The molecule has 3 rings (SSSR count). The molecule has 1 aromatic heterocycles. The molecule has 2 aliphatic rings. The van der Waals surface area contributed by atoms with Gasteiger partial charge in [0.2, 0.25) is 11.8 Å². The van der Waals surface area contributed by atoms with Crippen LogP contribution in [0.1, 0.15) is 51.9 Å². The zero-order valence-electron chi connectivity index (χ0n) is 14.2. The zero-order valence-corrected chi connectivity index (χ0v) is 15.0. The number of hydrogen-bond acceptors (Lipinski definition) is 4. The van der Waals surface area contributed by atoms with Gasteiger partial charge in [0.05, 0.1) is 10.9 Å². The number of fused-ring (bicyclic) bond motifs is 1. The number of thioether (sulfide) groups is 1. The molecule has 2 heterocycles. The van der Waals surface area contributed by atoms with Gasteiger partial charge in [-0.3, -0.25) is 9.59 Å². The third kappa shape index (κ3) is 3.91. The third-order valence-corrected chi connectivity index (χ3v) is 5.94. The summed E-state index contributed by atoms with van der Waals surface area (Å²) >= 11 is 1.42. The summed E-state index contributed by atoms with van der Waals surface area (Å²) < 4.78 is 0. The Morgan fingerprint density at radius 1 is 1.33 bits per heavy atom. The molecule has 0 unspecified atom stereocenters. The molecule has 5 nitrogen and oxygen atoms in total. The van der Waals surface area contributed by atoms with E-state index in [0.717, 1.165) is 23.6 Å². The van der Waals surface area contributed by atoms with Gasteiger partial charge in [-0.05, 0) is 31.9 Å². The van der Waals surface area contributed by atoms with Gasteiger partial charge < -0.3 is 10.2 Å². The van der Waals surface area contributed by atoms with Crippen molar-refractivity contribution in [2.75, 3.05) is 11.4 Å². The Hall–Kier alpha value is -1.56. The first kappa shape index (κ1) is 17.3. The van der Waals surface area contributed by atoms with Crippen molar-refractivity contribution in [1.82, 2.24) is 10.3 Å². The average Bonchev–Trinajstić information content (AvgIpc) is 2.84. The summed E-state index contributed by atoms with van der Waals surface area (Å²) in [6.07, 6.45) is 8.97. The lowest BCUT2D eigenvalue weighted by Gasteiger charge is -2.32. The maximum absolute atomic E-state index is 12.7. The number of rotatable bonds is 4. The molecule has 0 radical (unpaired) electrons. The Labute approximate surface area is 147 Å². The average molecular weight is 347 g/mol. The number of nitrogens with zero attached hydrogens (tertiary/aromatic N) is 2. The topological polar surface area (TPSA) is 62.3 Å². The maximum Gasteiger partial charge on any atom is 0.241 e. The largest absolute Gasteiger partial charge is 0.353 e. The van der Waals surface area contributed by atoms with Crippen LogP contribution in [0.2, 0.25) is 0 Å². The second-order valence-electron chi connectivity index (χ2n) is 6.48. The van der Waals surface area contributed by atoms with Crippen LogP contribution in [-0.4, -0.2) is 34.6 Å². The molecule has 0 aromatic carbocycles. The summed E-state index contributed by atoms with van der Waals surface area (Å²) in [5.41, 5.74) is 0.857. The van der Waals surface area contributed by atoms with Crippen molar-refractivity contribution >= 4 is 29.3 Å². The van der Waals surface area contributed by atoms with Crippen LogP contribution in [0.25, 0.3) is 0 Å². The molecule has 1 N–H and O–H groups in total. The van der Waals surface area contributed by atoms with E-state index >= 15 is 0 Å². The quantitative estimate of drug-likeness (QED) is 0.850. The Morgan fingerprint density at radius 3 is 2.79 bits per heavy atom. The van der Waals surface area contributed by atoms with Gasteiger partial charge in [0.25, 0.3) is 0 Å². The summed E-state index contributed by atoms with van der Waals surface area (Å²) in [6.45, 7) is 2.55. The van der Waals surface area contributed by atoms with Crippen LogP contribution < -0.4 is 10.2 Å². The van der Waals surface area contributed by atoms with Gasteiger partial charge in [-0.1, -0.05) is 37.4 Å². The molecule has 1 aliphatic carbocycles. The fourth-order valence-electron chi connectivity index (χ4n) is 3.49. The van der Waals surface area contributed by atoms with Gasteiger partial charge in [-0.2, -0.15) is 0 Å². The number of aromatic nitrogens is 1. The number of carbonyl (C=O) groups excluding carboxylic acids is 2. The van der Waals surface area contributed by atoms with Crippen LogP contribution in [0.3, 0.4) is 0 Å². The van der Waals surface area contributed by atoms with Crippen LogP contribution in [0.4, 0.5) is 5.69 Å². The summed E-state index contributed by atoms with van der Waals surface area (Å²) in [4.78, 5) is 31.2. The molecule has 1 atom stereocenters. The summed E-state index contributed by atoms with van der Waals surface area (Å²) in [5, 5.41) is 3.60. The minimum absolute atomic E-state index is 0.0109. The van der Waals surface area contributed by atoms with Crippen LogP contribution in [-0.2, 0) is 9.59 Å². The van der Waals surface area contributed by atoms with E-state index in [-0.39, 0.29) is 29.5 Å². The smallest absolute Gasteiger partial charge is 0.241 e. The number of nitrogens with one attached hydrogen (secondary N) is 1. The molecule has 2 amide bonds. The van der Waals surface area contributed by atoms with E-state index in [0.29, 0.717) is 6.54 Å². The van der Waals surface area contributed by atoms with Crippen molar-refractivity contribution in [2.45, 2.75) is 68.2 Å². The van der Waals surface area contributed by atoms with Crippen LogP contribution >= 0.6 is 11.8 Å². The Morgan fingerprint density at radius 2 is 2.08 bits per heavy atom. The number of amides is 2. The highest BCUT2D eigenvalue weighted by Crippen LogP contribution is 2.38. The second-order valence-corrected chi connectivity index (χ2v) is 7.67. The molecule has 1 saturated carbocycles. The first-order valence-electron chi connectivity index (χ1n) is 8.91. The lowest BCUT2D eigenvalue weighted by atomic mass is 10.1. The fourth-order valence-corrected chi connectivity index (χ4v) is 4.64. The van der Waals surface area contributed by atoms with Crippen molar-refractivity contribution in [1.29, 1.82) is 0 Å². The van der Waals surface area contributed by atoms with E-state index in [1.54, 1.807) is 11.1 Å². The normalized spacial score (nSPS) is 22.0. The molecule has 24 heavy (non-hydrogen) atoms. The molecule has 0 bridgehead atoms. The molecular weight excluding hydrogens is 322 g/mol. The van der Waals surface area contributed by atoms with E-state index in [1.807, 2.05) is 19.1 Å². The SMILES string of the molecule is CCN1C(=O)[C@@H](CC(=O)NC2CCCCCC2)Sc2ncccc21. The number of anilines is 1. The predicted molar refractivity (Wildman–Crippen MR) is 96.2 cm³/mol. The maximum atomic E-state index is 12.7. The molecule has 1 fully saturated rings. The lowest BCUT2D eigenvalue weighted by Crippen LogP contribution is -2.44. The van der Waals surface area contributed by atoms with Gasteiger partial charge in [0.15, 0.2) is 0 Å². The summed E-state index contributed by atoms with van der Waals surface area (Å²) in [5.74, 6) is 0.00204. The van der Waals surface area contributed by atoms with Gasteiger partial charge in [0, 0.05) is 25.2 Å². The van der Waals surface area contributed by atoms with E-state index in [4.69, 9.17) is 0 Å². The first-order chi connectivity index (χ1) is 11.7. The molecule has 6 heteroatoms. The highest BCUT2D eigenvalue weighted by atomic mass is 32.2. The van der Waals surface area contributed by atoms with Crippen molar-refractivity contribution in [2.24, 2.45) is 0 Å². The minimum atomic E-state index is -0.377. The van der Waals surface area contributed by atoms with Crippen molar-refractivity contribution in [3.8, 4) is 0 Å².